The van der Waals surface area contributed by atoms with E-state index >= 15 is 0 Å². The fraction of sp³-hybridized carbons (Fsp3) is 0.696. The van der Waals surface area contributed by atoms with Gasteiger partial charge in [-0.05, 0) is 58.3 Å². The van der Waals surface area contributed by atoms with Crippen LogP contribution in [0.1, 0.15) is 44.7 Å². The minimum Gasteiger partial charge on any atom is -0.491 e. The molecule has 0 saturated carbocycles. The standard InChI is InChI=1S/C23H41N5O/c1-6-27-13-15-28(16-14-27)12-8-7-11-25-23(24-5)26-18-21-10-9-20(4)17-22(21)29-19(2)3/h9-10,17,19H,6-8,11-16,18H2,1-5H3,(H2,24,25,26). The molecule has 1 aromatic rings. The molecule has 0 spiro atoms. The maximum absolute atomic E-state index is 5.97. The number of benzene rings is 1. The zero-order chi connectivity index (χ0) is 21.1. The van der Waals surface area contributed by atoms with Crippen LogP contribution >= 0.6 is 0 Å². The molecule has 1 fully saturated rings. The van der Waals surface area contributed by atoms with Gasteiger partial charge in [0.05, 0.1) is 6.10 Å². The molecule has 0 unspecified atom stereocenters. The number of hydrogen-bond donors (Lipinski definition) is 2. The van der Waals surface area contributed by atoms with Crippen LogP contribution in [0.15, 0.2) is 23.2 Å². The molecular formula is C23H41N5O. The SMILES string of the molecule is CCN1CCN(CCCCNC(=NC)NCc2ccc(C)cc2OC(C)C)CC1. The smallest absolute Gasteiger partial charge is 0.191 e. The fourth-order valence-electron chi connectivity index (χ4n) is 3.57. The maximum Gasteiger partial charge on any atom is 0.191 e. The zero-order valence-corrected chi connectivity index (χ0v) is 19.1. The maximum atomic E-state index is 5.97. The first-order valence-corrected chi connectivity index (χ1v) is 11.2. The van der Waals surface area contributed by atoms with Gasteiger partial charge in [-0.2, -0.15) is 0 Å². The second-order valence-electron chi connectivity index (χ2n) is 8.11. The molecule has 164 valence electrons. The number of piperazine rings is 1. The number of unbranched alkanes of at least 4 members (excludes halogenated alkanes) is 1. The molecule has 0 radical (unpaired) electrons. The summed E-state index contributed by atoms with van der Waals surface area (Å²) < 4.78 is 5.97. The number of guanidine groups is 1. The molecule has 2 rings (SSSR count). The highest BCUT2D eigenvalue weighted by Crippen LogP contribution is 2.21. The molecule has 0 aliphatic carbocycles. The summed E-state index contributed by atoms with van der Waals surface area (Å²) in [6, 6.07) is 6.36. The van der Waals surface area contributed by atoms with Gasteiger partial charge in [0, 0.05) is 51.9 Å². The Morgan fingerprint density at radius 1 is 1.10 bits per heavy atom. The molecule has 0 bridgehead atoms. The third kappa shape index (κ3) is 8.62. The number of ether oxygens (including phenoxy) is 1. The number of rotatable bonds is 10. The van der Waals surface area contributed by atoms with E-state index in [4.69, 9.17) is 4.74 Å². The van der Waals surface area contributed by atoms with Gasteiger partial charge in [0.2, 0.25) is 0 Å². The second kappa shape index (κ2) is 12.7. The van der Waals surface area contributed by atoms with E-state index in [2.05, 4.69) is 71.3 Å². The van der Waals surface area contributed by atoms with E-state index in [9.17, 15) is 0 Å². The predicted molar refractivity (Wildman–Crippen MR) is 123 cm³/mol. The quantitative estimate of drug-likeness (QED) is 0.357. The van der Waals surface area contributed by atoms with Gasteiger partial charge in [-0.25, -0.2) is 0 Å². The topological polar surface area (TPSA) is 52.1 Å². The number of aryl methyl sites for hydroxylation is 1. The van der Waals surface area contributed by atoms with Crippen LogP contribution in [-0.4, -0.2) is 74.7 Å². The molecule has 6 nitrogen and oxygen atoms in total. The lowest BCUT2D eigenvalue weighted by molar-refractivity contribution is 0.136. The average Bonchev–Trinajstić information content (AvgIpc) is 2.71. The number of nitrogens with zero attached hydrogens (tertiary/aromatic N) is 3. The number of aliphatic imine (C=N–C) groups is 1. The molecule has 0 atom stereocenters. The molecule has 2 N–H and O–H groups in total. The summed E-state index contributed by atoms with van der Waals surface area (Å²) in [6.07, 6.45) is 2.54. The van der Waals surface area contributed by atoms with Crippen LogP contribution in [0.4, 0.5) is 0 Å². The van der Waals surface area contributed by atoms with Crippen LogP contribution in [0, 0.1) is 6.92 Å². The van der Waals surface area contributed by atoms with Crippen molar-refractivity contribution >= 4 is 5.96 Å². The molecule has 6 heteroatoms. The van der Waals surface area contributed by atoms with E-state index < -0.39 is 0 Å². The van der Waals surface area contributed by atoms with Crippen LogP contribution in [0.2, 0.25) is 0 Å². The van der Waals surface area contributed by atoms with Crippen LogP contribution in [0.5, 0.6) is 5.75 Å². The van der Waals surface area contributed by atoms with Crippen molar-refractivity contribution in [1.82, 2.24) is 20.4 Å². The third-order valence-corrected chi connectivity index (χ3v) is 5.36. The Labute approximate surface area is 177 Å². The van der Waals surface area contributed by atoms with Crippen molar-refractivity contribution in [3.63, 3.8) is 0 Å². The monoisotopic (exact) mass is 403 g/mol. The van der Waals surface area contributed by atoms with Crippen LogP contribution < -0.4 is 15.4 Å². The molecule has 1 saturated heterocycles. The van der Waals surface area contributed by atoms with E-state index in [-0.39, 0.29) is 6.10 Å². The van der Waals surface area contributed by atoms with Gasteiger partial charge in [0.15, 0.2) is 5.96 Å². The summed E-state index contributed by atoms with van der Waals surface area (Å²) in [5, 5.41) is 6.85. The first kappa shape index (κ1) is 23.5. The average molecular weight is 404 g/mol. The molecule has 1 aromatic carbocycles. The van der Waals surface area contributed by atoms with Crippen LogP contribution in [0.3, 0.4) is 0 Å². The van der Waals surface area contributed by atoms with Crippen LogP contribution in [0.25, 0.3) is 0 Å². The Bertz CT molecular complexity index is 624. The van der Waals surface area contributed by atoms with Crippen molar-refractivity contribution in [3.05, 3.63) is 29.3 Å². The Morgan fingerprint density at radius 2 is 1.83 bits per heavy atom. The Balaban J connectivity index is 1.67. The predicted octanol–water partition coefficient (Wildman–Crippen LogP) is 2.86. The highest BCUT2D eigenvalue weighted by molar-refractivity contribution is 5.79. The molecule has 0 aromatic heterocycles. The Morgan fingerprint density at radius 3 is 2.48 bits per heavy atom. The van der Waals surface area contributed by atoms with Crippen molar-refractivity contribution in [3.8, 4) is 5.75 Å². The van der Waals surface area contributed by atoms with Gasteiger partial charge in [0.25, 0.3) is 0 Å². The zero-order valence-electron chi connectivity index (χ0n) is 19.1. The largest absolute Gasteiger partial charge is 0.491 e. The van der Waals surface area contributed by atoms with Gasteiger partial charge in [-0.15, -0.1) is 0 Å². The van der Waals surface area contributed by atoms with Crippen LogP contribution in [-0.2, 0) is 6.54 Å². The fourth-order valence-corrected chi connectivity index (χ4v) is 3.57. The van der Waals surface area contributed by atoms with Crippen molar-refractivity contribution in [2.75, 3.05) is 52.9 Å². The molecule has 29 heavy (non-hydrogen) atoms. The lowest BCUT2D eigenvalue weighted by Crippen LogP contribution is -2.46. The van der Waals surface area contributed by atoms with Crippen molar-refractivity contribution in [1.29, 1.82) is 0 Å². The van der Waals surface area contributed by atoms with Gasteiger partial charge in [0.1, 0.15) is 5.75 Å². The highest BCUT2D eigenvalue weighted by atomic mass is 16.5. The van der Waals surface area contributed by atoms with E-state index in [1.165, 1.54) is 51.3 Å². The summed E-state index contributed by atoms with van der Waals surface area (Å²) in [6.45, 7) is 17.3. The second-order valence-corrected chi connectivity index (χ2v) is 8.11. The first-order valence-electron chi connectivity index (χ1n) is 11.2. The molecule has 0 amide bonds. The van der Waals surface area contributed by atoms with Gasteiger partial charge >= 0.3 is 0 Å². The summed E-state index contributed by atoms with van der Waals surface area (Å²) >= 11 is 0. The van der Waals surface area contributed by atoms with E-state index in [0.29, 0.717) is 6.54 Å². The molecule has 1 heterocycles. The number of hydrogen-bond acceptors (Lipinski definition) is 4. The van der Waals surface area contributed by atoms with Gasteiger partial charge < -0.3 is 25.2 Å². The van der Waals surface area contributed by atoms with Crippen molar-refractivity contribution < 1.29 is 4.74 Å². The summed E-state index contributed by atoms with van der Waals surface area (Å²) in [5.74, 6) is 1.80. The van der Waals surface area contributed by atoms with E-state index in [0.717, 1.165) is 30.2 Å². The number of likely N-dealkylation sites (N-methyl/N-ethyl adjacent to an activating group) is 1. The summed E-state index contributed by atoms with van der Waals surface area (Å²) in [7, 11) is 1.82. The lowest BCUT2D eigenvalue weighted by Gasteiger charge is -2.34. The van der Waals surface area contributed by atoms with E-state index in [1.807, 2.05) is 7.05 Å². The van der Waals surface area contributed by atoms with Crippen molar-refractivity contribution in [2.45, 2.75) is 53.2 Å². The first-order chi connectivity index (χ1) is 14.0. The lowest BCUT2D eigenvalue weighted by atomic mass is 10.1. The highest BCUT2D eigenvalue weighted by Gasteiger charge is 2.14. The number of nitrogens with one attached hydrogen (secondary N) is 2. The molecule has 1 aliphatic rings. The van der Waals surface area contributed by atoms with E-state index in [1.54, 1.807) is 0 Å². The van der Waals surface area contributed by atoms with Gasteiger partial charge in [-0.3, -0.25) is 4.99 Å². The minimum atomic E-state index is 0.165. The van der Waals surface area contributed by atoms with Crippen molar-refractivity contribution in [2.24, 2.45) is 4.99 Å². The minimum absolute atomic E-state index is 0.165. The molecule has 1 aliphatic heterocycles. The third-order valence-electron chi connectivity index (χ3n) is 5.36. The summed E-state index contributed by atoms with van der Waals surface area (Å²) in [4.78, 5) is 9.47. The van der Waals surface area contributed by atoms with Gasteiger partial charge in [-0.1, -0.05) is 19.1 Å². The molecular weight excluding hydrogens is 362 g/mol. The Kier molecular flexibility index (Phi) is 10.3. The Hall–Kier alpha value is -1.79. The summed E-state index contributed by atoms with van der Waals surface area (Å²) in [5.41, 5.74) is 2.36. The normalized spacial score (nSPS) is 16.3.